The number of hydrogen-bond acceptors (Lipinski definition) is 3. The van der Waals surface area contributed by atoms with Crippen LogP contribution in [0.15, 0.2) is 24.3 Å². The summed E-state index contributed by atoms with van der Waals surface area (Å²) in [6, 6.07) is 5.49. The van der Waals surface area contributed by atoms with Crippen molar-refractivity contribution in [1.82, 2.24) is 4.90 Å². The van der Waals surface area contributed by atoms with Gasteiger partial charge in [0.1, 0.15) is 18.5 Å². The first-order chi connectivity index (χ1) is 9.32. The lowest BCUT2D eigenvalue weighted by Gasteiger charge is -2.30. The van der Waals surface area contributed by atoms with E-state index in [2.05, 4.69) is 0 Å². The fourth-order valence-corrected chi connectivity index (χ4v) is 2.02. The zero-order chi connectivity index (χ0) is 15.3. The molecule has 0 fully saturated rings. The van der Waals surface area contributed by atoms with Crippen molar-refractivity contribution in [2.75, 3.05) is 6.61 Å². The highest BCUT2D eigenvalue weighted by atomic mass is 19.1. The van der Waals surface area contributed by atoms with E-state index in [4.69, 9.17) is 4.74 Å². The number of aliphatic hydroxyl groups is 1. The molecule has 1 unspecified atom stereocenters. The number of nitrogens with zero attached hydrogens (tertiary/aromatic N) is 1. The van der Waals surface area contributed by atoms with Crippen LogP contribution in [0, 0.1) is 5.82 Å². The van der Waals surface area contributed by atoms with Crippen molar-refractivity contribution in [2.45, 2.75) is 45.9 Å². The third-order valence-electron chi connectivity index (χ3n) is 2.94. The van der Waals surface area contributed by atoms with Gasteiger partial charge in [0, 0.05) is 12.1 Å². The van der Waals surface area contributed by atoms with Crippen LogP contribution in [0.5, 0.6) is 0 Å². The van der Waals surface area contributed by atoms with Crippen molar-refractivity contribution in [2.24, 2.45) is 0 Å². The minimum Gasteiger partial charge on any atom is -0.446 e. The SMILES string of the molecule is CC(C)N(C(=O)OCC(O)c1ccc(F)cc1)C(C)C. The Morgan fingerprint density at radius 3 is 2.15 bits per heavy atom. The Morgan fingerprint density at radius 1 is 1.20 bits per heavy atom. The Kier molecular flexibility index (Phi) is 5.95. The zero-order valence-electron chi connectivity index (χ0n) is 12.3. The fraction of sp³-hybridized carbons (Fsp3) is 0.533. The number of ether oxygens (including phenoxy) is 1. The van der Waals surface area contributed by atoms with Crippen molar-refractivity contribution in [3.8, 4) is 0 Å². The lowest BCUT2D eigenvalue weighted by Crippen LogP contribution is -2.42. The number of aliphatic hydroxyl groups excluding tert-OH is 1. The predicted octanol–water partition coefficient (Wildman–Crippen LogP) is 3.11. The summed E-state index contributed by atoms with van der Waals surface area (Å²) >= 11 is 0. The molecule has 1 N–H and O–H groups in total. The second kappa shape index (κ2) is 7.24. The summed E-state index contributed by atoms with van der Waals surface area (Å²) in [4.78, 5) is 13.5. The van der Waals surface area contributed by atoms with E-state index in [0.717, 1.165) is 0 Å². The molecule has 0 saturated carbocycles. The first-order valence-corrected chi connectivity index (χ1v) is 6.71. The van der Waals surface area contributed by atoms with E-state index in [-0.39, 0.29) is 24.5 Å². The maximum atomic E-state index is 12.8. The first-order valence-electron chi connectivity index (χ1n) is 6.71. The van der Waals surface area contributed by atoms with Crippen molar-refractivity contribution in [3.63, 3.8) is 0 Å². The van der Waals surface area contributed by atoms with E-state index < -0.39 is 12.2 Å². The van der Waals surface area contributed by atoms with Gasteiger partial charge in [0.05, 0.1) is 0 Å². The average molecular weight is 283 g/mol. The summed E-state index contributed by atoms with van der Waals surface area (Å²) in [5.74, 6) is -0.372. The monoisotopic (exact) mass is 283 g/mol. The molecule has 0 aliphatic rings. The maximum Gasteiger partial charge on any atom is 0.410 e. The van der Waals surface area contributed by atoms with Crippen LogP contribution in [0.1, 0.15) is 39.4 Å². The van der Waals surface area contributed by atoms with E-state index >= 15 is 0 Å². The van der Waals surface area contributed by atoms with Crippen LogP contribution in [0.4, 0.5) is 9.18 Å². The molecule has 112 valence electrons. The van der Waals surface area contributed by atoms with Gasteiger partial charge in [-0.25, -0.2) is 9.18 Å². The summed E-state index contributed by atoms with van der Waals surface area (Å²) in [6.07, 6.45) is -1.42. The number of benzene rings is 1. The minimum atomic E-state index is -0.958. The third-order valence-corrected chi connectivity index (χ3v) is 2.94. The second-order valence-corrected chi connectivity index (χ2v) is 5.24. The average Bonchev–Trinajstić information content (AvgIpc) is 2.36. The van der Waals surface area contributed by atoms with Crippen LogP contribution in [0.25, 0.3) is 0 Å². The number of hydrogen-bond donors (Lipinski definition) is 1. The van der Waals surface area contributed by atoms with E-state index in [1.165, 1.54) is 24.3 Å². The number of halogens is 1. The first kappa shape index (κ1) is 16.4. The standard InChI is InChI=1S/C15H22FNO3/c1-10(2)17(11(3)4)15(19)20-9-14(18)12-5-7-13(16)8-6-12/h5-8,10-11,14,18H,9H2,1-4H3. The highest BCUT2D eigenvalue weighted by Crippen LogP contribution is 2.15. The molecule has 4 nitrogen and oxygen atoms in total. The molecule has 1 aromatic carbocycles. The summed E-state index contributed by atoms with van der Waals surface area (Å²) < 4.78 is 17.9. The van der Waals surface area contributed by atoms with Crippen LogP contribution in [0.2, 0.25) is 0 Å². The lowest BCUT2D eigenvalue weighted by molar-refractivity contribution is 0.0354. The molecule has 5 heteroatoms. The van der Waals surface area contributed by atoms with E-state index in [9.17, 15) is 14.3 Å². The van der Waals surface area contributed by atoms with Crippen LogP contribution in [-0.2, 0) is 4.74 Å². The summed E-state index contributed by atoms with van der Waals surface area (Å²) in [5, 5.41) is 9.90. The maximum absolute atomic E-state index is 12.8. The van der Waals surface area contributed by atoms with E-state index in [1.54, 1.807) is 4.90 Å². The van der Waals surface area contributed by atoms with Crippen molar-refractivity contribution in [1.29, 1.82) is 0 Å². The molecular weight excluding hydrogens is 261 g/mol. The van der Waals surface area contributed by atoms with Gasteiger partial charge in [-0.15, -0.1) is 0 Å². The number of carbonyl (C=O) groups is 1. The predicted molar refractivity (Wildman–Crippen MR) is 74.8 cm³/mol. The number of carbonyl (C=O) groups excluding carboxylic acids is 1. The summed E-state index contributed by atoms with van der Waals surface area (Å²) in [5.41, 5.74) is 0.514. The molecule has 0 saturated heterocycles. The fourth-order valence-electron chi connectivity index (χ4n) is 2.02. The molecule has 0 bridgehead atoms. The summed E-state index contributed by atoms with van der Waals surface area (Å²) in [6.45, 7) is 7.45. The van der Waals surface area contributed by atoms with Gasteiger partial charge >= 0.3 is 6.09 Å². The Hall–Kier alpha value is -1.62. The van der Waals surface area contributed by atoms with Crippen LogP contribution < -0.4 is 0 Å². The summed E-state index contributed by atoms with van der Waals surface area (Å²) in [7, 11) is 0. The zero-order valence-corrected chi connectivity index (χ0v) is 12.3. The largest absolute Gasteiger partial charge is 0.446 e. The highest BCUT2D eigenvalue weighted by molar-refractivity contribution is 5.68. The molecule has 1 rings (SSSR count). The minimum absolute atomic E-state index is 0.0189. The van der Waals surface area contributed by atoms with Crippen molar-refractivity contribution < 1.29 is 19.0 Å². The van der Waals surface area contributed by atoms with Crippen LogP contribution in [0.3, 0.4) is 0 Å². The smallest absolute Gasteiger partial charge is 0.410 e. The molecule has 1 atom stereocenters. The Labute approximate surface area is 119 Å². The Balaban J connectivity index is 2.57. The molecule has 0 heterocycles. The van der Waals surface area contributed by atoms with Gasteiger partial charge in [-0.05, 0) is 45.4 Å². The second-order valence-electron chi connectivity index (χ2n) is 5.24. The molecule has 1 aromatic rings. The Bertz CT molecular complexity index is 423. The third kappa shape index (κ3) is 4.49. The molecule has 1 amide bonds. The van der Waals surface area contributed by atoms with Crippen LogP contribution >= 0.6 is 0 Å². The van der Waals surface area contributed by atoms with E-state index in [0.29, 0.717) is 5.56 Å². The molecule has 0 spiro atoms. The van der Waals surface area contributed by atoms with Crippen molar-refractivity contribution in [3.05, 3.63) is 35.6 Å². The van der Waals surface area contributed by atoms with Gasteiger partial charge < -0.3 is 14.7 Å². The van der Waals surface area contributed by atoms with Gasteiger partial charge in [0.15, 0.2) is 0 Å². The molecule has 0 aliphatic heterocycles. The molecule has 20 heavy (non-hydrogen) atoms. The molecular formula is C15H22FNO3. The quantitative estimate of drug-likeness (QED) is 0.903. The molecule has 0 aliphatic carbocycles. The molecule has 0 aromatic heterocycles. The normalized spacial score (nSPS) is 12.6. The van der Waals surface area contributed by atoms with Gasteiger partial charge in [-0.1, -0.05) is 12.1 Å². The molecule has 0 radical (unpaired) electrons. The van der Waals surface area contributed by atoms with E-state index in [1.807, 2.05) is 27.7 Å². The van der Waals surface area contributed by atoms with Gasteiger partial charge in [0.25, 0.3) is 0 Å². The topological polar surface area (TPSA) is 49.8 Å². The lowest BCUT2D eigenvalue weighted by atomic mass is 10.1. The Morgan fingerprint density at radius 2 is 1.70 bits per heavy atom. The highest BCUT2D eigenvalue weighted by Gasteiger charge is 2.22. The van der Waals surface area contributed by atoms with Gasteiger partial charge in [-0.2, -0.15) is 0 Å². The number of amides is 1. The van der Waals surface area contributed by atoms with Gasteiger partial charge in [-0.3, -0.25) is 0 Å². The number of rotatable bonds is 5. The van der Waals surface area contributed by atoms with Crippen molar-refractivity contribution >= 4 is 6.09 Å². The van der Waals surface area contributed by atoms with Gasteiger partial charge in [0.2, 0.25) is 0 Å². The van der Waals surface area contributed by atoms with Crippen LogP contribution in [-0.4, -0.2) is 34.8 Å².